The van der Waals surface area contributed by atoms with Crippen molar-refractivity contribution >= 4 is 29.0 Å². The van der Waals surface area contributed by atoms with E-state index in [1.54, 1.807) is 12.1 Å². The molecule has 1 aromatic carbocycles. The monoisotopic (exact) mass is 325 g/mol. The van der Waals surface area contributed by atoms with Gasteiger partial charge in [0.25, 0.3) is 0 Å². The number of halogens is 2. The molecule has 2 fully saturated rings. The fourth-order valence-corrected chi connectivity index (χ4v) is 4.44. The van der Waals surface area contributed by atoms with Crippen molar-refractivity contribution in [1.29, 1.82) is 0 Å². The Hall–Kier alpha value is -0.570. The van der Waals surface area contributed by atoms with Gasteiger partial charge in [-0.3, -0.25) is 4.79 Å². The van der Waals surface area contributed by atoms with Gasteiger partial charge in [-0.15, -0.1) is 0 Å². The smallest absolute Gasteiger partial charge is 0.170 e. The number of carbonyl (C=O) groups is 1. The van der Waals surface area contributed by atoms with Crippen LogP contribution in [0.3, 0.4) is 0 Å². The number of ketones is 1. The average Bonchev–Trinajstić information content (AvgIpc) is 2.89. The molecule has 0 saturated carbocycles. The van der Waals surface area contributed by atoms with E-state index in [4.69, 9.17) is 23.2 Å². The Labute approximate surface area is 136 Å². The highest BCUT2D eigenvalue weighted by Gasteiger charge is 2.50. The Bertz CT molecular complexity index is 560. The highest BCUT2D eigenvalue weighted by Crippen LogP contribution is 2.46. The lowest BCUT2D eigenvalue weighted by molar-refractivity contribution is 0.0617. The Morgan fingerprint density at radius 3 is 2.81 bits per heavy atom. The lowest BCUT2D eigenvalue weighted by atomic mass is 9.67. The van der Waals surface area contributed by atoms with Crippen molar-refractivity contribution in [1.82, 2.24) is 5.32 Å². The number of carbonyl (C=O) groups excluding carboxylic acids is 1. The van der Waals surface area contributed by atoms with Gasteiger partial charge >= 0.3 is 0 Å². The molecule has 0 radical (unpaired) electrons. The standard InChI is InChI=1S/C17H21Cl2NO/c1-2-8-17(9-7-12-4-6-15(17)20-12)16(21)11-3-5-13(18)14(19)10-11/h3,5,10,12,15,20H,2,4,6-9H2,1H3/t12?,15-,17-/m1/s1. The minimum absolute atomic E-state index is 0.237. The molecule has 3 atom stereocenters. The molecule has 3 rings (SSSR count). The fourth-order valence-electron chi connectivity index (χ4n) is 4.14. The predicted octanol–water partition coefficient (Wildman–Crippen LogP) is 4.88. The number of fused-ring (bicyclic) bond motifs is 2. The lowest BCUT2D eigenvalue weighted by Crippen LogP contribution is -2.52. The molecule has 4 heteroatoms. The van der Waals surface area contributed by atoms with Crippen LogP contribution < -0.4 is 5.32 Å². The molecule has 21 heavy (non-hydrogen) atoms. The molecular formula is C17H21Cl2NO. The number of nitrogens with one attached hydrogen (secondary N) is 1. The average molecular weight is 326 g/mol. The summed E-state index contributed by atoms with van der Waals surface area (Å²) in [5.41, 5.74) is 0.434. The molecule has 0 spiro atoms. The van der Waals surface area contributed by atoms with Crippen LogP contribution in [0.4, 0.5) is 0 Å². The van der Waals surface area contributed by atoms with E-state index in [1.165, 1.54) is 6.42 Å². The van der Waals surface area contributed by atoms with Gasteiger partial charge in [0, 0.05) is 23.1 Å². The number of hydrogen-bond donors (Lipinski definition) is 1. The maximum Gasteiger partial charge on any atom is 0.170 e. The van der Waals surface area contributed by atoms with Crippen molar-refractivity contribution in [2.75, 3.05) is 0 Å². The molecule has 0 aromatic heterocycles. The Balaban J connectivity index is 1.96. The number of rotatable bonds is 4. The maximum absolute atomic E-state index is 13.2. The summed E-state index contributed by atoms with van der Waals surface area (Å²) in [6.07, 6.45) is 6.36. The van der Waals surface area contributed by atoms with E-state index >= 15 is 0 Å². The molecule has 2 saturated heterocycles. The van der Waals surface area contributed by atoms with E-state index in [0.29, 0.717) is 27.7 Å². The number of benzene rings is 1. The van der Waals surface area contributed by atoms with Gasteiger partial charge in [0.2, 0.25) is 0 Å². The first-order chi connectivity index (χ1) is 10.1. The molecule has 2 heterocycles. The molecule has 0 amide bonds. The van der Waals surface area contributed by atoms with Crippen LogP contribution in [0, 0.1) is 5.41 Å². The molecule has 1 aromatic rings. The van der Waals surface area contributed by atoms with E-state index in [9.17, 15) is 4.79 Å². The van der Waals surface area contributed by atoms with E-state index in [-0.39, 0.29) is 11.2 Å². The van der Waals surface area contributed by atoms with Crippen LogP contribution in [0.2, 0.25) is 10.0 Å². The second-order valence-electron chi connectivity index (χ2n) is 6.40. The first-order valence-corrected chi connectivity index (χ1v) is 8.58. The van der Waals surface area contributed by atoms with Gasteiger partial charge in [-0.2, -0.15) is 0 Å². The van der Waals surface area contributed by atoms with Gasteiger partial charge in [0.1, 0.15) is 0 Å². The van der Waals surface area contributed by atoms with Crippen molar-refractivity contribution in [2.24, 2.45) is 5.41 Å². The first-order valence-electron chi connectivity index (χ1n) is 7.83. The Morgan fingerprint density at radius 1 is 1.29 bits per heavy atom. The van der Waals surface area contributed by atoms with Gasteiger partial charge in [-0.1, -0.05) is 36.5 Å². The zero-order valence-corrected chi connectivity index (χ0v) is 13.8. The summed E-state index contributed by atoms with van der Waals surface area (Å²) in [4.78, 5) is 13.2. The SMILES string of the molecule is CCC[C@@]1(C(=O)c2ccc(Cl)c(Cl)c2)CCC2CC[C@H]1N2. The van der Waals surface area contributed by atoms with Crippen LogP contribution in [0.5, 0.6) is 0 Å². The number of Topliss-reactive ketones (excluding diaryl/α,β-unsaturated/α-hetero) is 1. The van der Waals surface area contributed by atoms with Crippen molar-refractivity contribution in [3.8, 4) is 0 Å². The Kier molecular flexibility index (Phi) is 4.31. The highest BCUT2D eigenvalue weighted by atomic mass is 35.5. The van der Waals surface area contributed by atoms with E-state index in [0.717, 1.165) is 32.1 Å². The van der Waals surface area contributed by atoms with E-state index in [2.05, 4.69) is 12.2 Å². The van der Waals surface area contributed by atoms with Gasteiger partial charge in [0.05, 0.1) is 10.0 Å². The molecule has 1 N–H and O–H groups in total. The molecular weight excluding hydrogens is 305 g/mol. The summed E-state index contributed by atoms with van der Waals surface area (Å²) in [5, 5.41) is 4.62. The molecule has 2 aliphatic rings. The maximum atomic E-state index is 13.2. The Morgan fingerprint density at radius 2 is 2.10 bits per heavy atom. The second-order valence-corrected chi connectivity index (χ2v) is 7.21. The summed E-state index contributed by atoms with van der Waals surface area (Å²) in [5.74, 6) is 0.237. The molecule has 2 aliphatic heterocycles. The molecule has 0 aliphatic carbocycles. The molecule has 114 valence electrons. The van der Waals surface area contributed by atoms with Gasteiger partial charge < -0.3 is 5.32 Å². The summed E-state index contributed by atoms with van der Waals surface area (Å²) in [6.45, 7) is 2.16. The van der Waals surface area contributed by atoms with E-state index < -0.39 is 0 Å². The zero-order valence-electron chi connectivity index (χ0n) is 12.3. The normalized spacial score (nSPS) is 31.4. The van der Waals surface area contributed by atoms with Crippen LogP contribution in [0.25, 0.3) is 0 Å². The van der Waals surface area contributed by atoms with Crippen LogP contribution in [0.15, 0.2) is 18.2 Å². The fraction of sp³-hybridized carbons (Fsp3) is 0.588. The topological polar surface area (TPSA) is 29.1 Å². The summed E-state index contributed by atoms with van der Waals surface area (Å²) >= 11 is 12.1. The quantitative estimate of drug-likeness (QED) is 0.799. The highest BCUT2D eigenvalue weighted by molar-refractivity contribution is 6.42. The van der Waals surface area contributed by atoms with Crippen molar-refractivity contribution in [3.63, 3.8) is 0 Å². The third-order valence-electron chi connectivity index (χ3n) is 5.18. The van der Waals surface area contributed by atoms with Crippen molar-refractivity contribution < 1.29 is 4.79 Å². The van der Waals surface area contributed by atoms with Gasteiger partial charge in [-0.25, -0.2) is 0 Å². The zero-order chi connectivity index (χ0) is 15.0. The molecule has 2 nitrogen and oxygen atoms in total. The third kappa shape index (κ3) is 2.62. The molecule has 1 unspecified atom stereocenters. The largest absolute Gasteiger partial charge is 0.310 e. The minimum atomic E-state index is -0.265. The first kappa shape index (κ1) is 15.3. The minimum Gasteiger partial charge on any atom is -0.310 e. The summed E-state index contributed by atoms with van der Waals surface area (Å²) in [7, 11) is 0. The summed E-state index contributed by atoms with van der Waals surface area (Å²) < 4.78 is 0. The second kappa shape index (κ2) is 5.91. The predicted molar refractivity (Wildman–Crippen MR) is 87.3 cm³/mol. The van der Waals surface area contributed by atoms with Crippen molar-refractivity contribution in [2.45, 2.75) is 57.5 Å². The summed E-state index contributed by atoms with van der Waals surface area (Å²) in [6, 6.07) is 6.20. The molecule has 2 bridgehead atoms. The third-order valence-corrected chi connectivity index (χ3v) is 5.92. The van der Waals surface area contributed by atoms with Crippen LogP contribution in [-0.4, -0.2) is 17.9 Å². The van der Waals surface area contributed by atoms with Gasteiger partial charge in [0.15, 0.2) is 5.78 Å². The van der Waals surface area contributed by atoms with Crippen molar-refractivity contribution in [3.05, 3.63) is 33.8 Å². The van der Waals surface area contributed by atoms with Gasteiger partial charge in [-0.05, 0) is 50.3 Å². The van der Waals surface area contributed by atoms with E-state index in [1.807, 2.05) is 6.07 Å². The lowest BCUT2D eigenvalue weighted by Gasteiger charge is -2.42. The van der Waals surface area contributed by atoms with Crippen LogP contribution in [0.1, 0.15) is 55.8 Å². The number of hydrogen-bond acceptors (Lipinski definition) is 2. The number of piperidine rings is 1. The van der Waals surface area contributed by atoms with Crippen LogP contribution >= 0.6 is 23.2 Å². The van der Waals surface area contributed by atoms with Crippen LogP contribution in [-0.2, 0) is 0 Å².